The molecule has 0 aliphatic carbocycles. The Morgan fingerprint density at radius 2 is 2.25 bits per heavy atom. The van der Waals surface area contributed by atoms with Crippen LogP contribution in [0.5, 0.6) is 5.75 Å². The molecule has 1 heterocycles. The molecule has 0 amide bonds. The molecular formula is C16H22N2OS. The minimum Gasteiger partial charge on any atom is -0.487 e. The van der Waals surface area contributed by atoms with E-state index < -0.39 is 0 Å². The first-order valence-corrected chi connectivity index (χ1v) is 7.96. The van der Waals surface area contributed by atoms with Crippen molar-refractivity contribution in [1.29, 1.82) is 0 Å². The van der Waals surface area contributed by atoms with Gasteiger partial charge < -0.3 is 10.5 Å². The summed E-state index contributed by atoms with van der Waals surface area (Å²) in [7, 11) is 0. The Labute approximate surface area is 124 Å². The van der Waals surface area contributed by atoms with E-state index in [9.17, 15) is 0 Å². The highest BCUT2D eigenvalue weighted by Crippen LogP contribution is 2.17. The number of thiazole rings is 1. The summed E-state index contributed by atoms with van der Waals surface area (Å²) in [5.74, 6) is 0.883. The number of nitrogens with two attached hydrogens (primary N) is 1. The van der Waals surface area contributed by atoms with Crippen molar-refractivity contribution in [2.75, 3.05) is 0 Å². The summed E-state index contributed by atoms with van der Waals surface area (Å²) < 4.78 is 5.81. The number of aromatic nitrogens is 1. The molecule has 0 spiro atoms. The van der Waals surface area contributed by atoms with Crippen molar-refractivity contribution in [3.63, 3.8) is 0 Å². The van der Waals surface area contributed by atoms with E-state index >= 15 is 0 Å². The van der Waals surface area contributed by atoms with Crippen molar-refractivity contribution in [3.05, 3.63) is 45.9 Å². The highest BCUT2D eigenvalue weighted by atomic mass is 32.1. The summed E-state index contributed by atoms with van der Waals surface area (Å²) in [5, 5.41) is 3.27. The molecule has 4 heteroatoms. The lowest BCUT2D eigenvalue weighted by atomic mass is 10.1. The van der Waals surface area contributed by atoms with E-state index in [1.54, 1.807) is 11.3 Å². The number of hydrogen-bond donors (Lipinski definition) is 1. The molecule has 0 saturated carbocycles. The Morgan fingerprint density at radius 1 is 1.40 bits per heavy atom. The third-order valence-electron chi connectivity index (χ3n) is 2.91. The van der Waals surface area contributed by atoms with Gasteiger partial charge in [0.05, 0.1) is 10.7 Å². The summed E-state index contributed by atoms with van der Waals surface area (Å²) in [6.07, 6.45) is 3.05. The van der Waals surface area contributed by atoms with Crippen molar-refractivity contribution in [3.8, 4) is 5.75 Å². The molecule has 0 fully saturated rings. The molecule has 2 rings (SSSR count). The quantitative estimate of drug-likeness (QED) is 0.848. The van der Waals surface area contributed by atoms with Gasteiger partial charge in [-0.15, -0.1) is 11.3 Å². The molecular weight excluding hydrogens is 268 g/mol. The van der Waals surface area contributed by atoms with Crippen LogP contribution in [-0.4, -0.2) is 11.0 Å². The average Bonchev–Trinajstić information content (AvgIpc) is 2.84. The van der Waals surface area contributed by atoms with Crippen LogP contribution in [0.2, 0.25) is 0 Å². The number of rotatable bonds is 7. The van der Waals surface area contributed by atoms with Gasteiger partial charge in [0.2, 0.25) is 0 Å². The van der Waals surface area contributed by atoms with Crippen LogP contribution in [0.4, 0.5) is 0 Å². The van der Waals surface area contributed by atoms with Crippen LogP contribution in [0.1, 0.15) is 36.5 Å². The Hall–Kier alpha value is -1.39. The molecule has 1 aromatic carbocycles. The number of benzene rings is 1. The molecule has 0 saturated heterocycles. The van der Waals surface area contributed by atoms with Gasteiger partial charge in [-0.2, -0.15) is 0 Å². The Balaban J connectivity index is 1.92. The molecule has 108 valence electrons. The second-order valence-corrected chi connectivity index (χ2v) is 6.04. The average molecular weight is 290 g/mol. The largest absolute Gasteiger partial charge is 0.487 e. The Morgan fingerprint density at radius 3 is 3.00 bits per heavy atom. The van der Waals surface area contributed by atoms with E-state index in [0.717, 1.165) is 30.7 Å². The summed E-state index contributed by atoms with van der Waals surface area (Å²) in [6.45, 7) is 4.71. The minimum atomic E-state index is 0.167. The predicted molar refractivity (Wildman–Crippen MR) is 84.2 cm³/mol. The number of nitrogens with zero attached hydrogens (tertiary/aromatic N) is 1. The number of aryl methyl sites for hydroxylation is 1. The monoisotopic (exact) mass is 290 g/mol. The van der Waals surface area contributed by atoms with Gasteiger partial charge in [-0.1, -0.05) is 19.1 Å². The van der Waals surface area contributed by atoms with E-state index in [2.05, 4.69) is 29.4 Å². The Bertz CT molecular complexity index is 537. The van der Waals surface area contributed by atoms with Crippen molar-refractivity contribution < 1.29 is 4.74 Å². The topological polar surface area (TPSA) is 48.1 Å². The molecule has 0 radical (unpaired) electrons. The lowest BCUT2D eigenvalue weighted by molar-refractivity contribution is 0.301. The van der Waals surface area contributed by atoms with Crippen molar-refractivity contribution >= 4 is 11.3 Å². The first-order valence-electron chi connectivity index (χ1n) is 7.08. The predicted octanol–water partition coefficient (Wildman–Crippen LogP) is 3.56. The van der Waals surface area contributed by atoms with E-state index in [4.69, 9.17) is 10.5 Å². The molecule has 1 atom stereocenters. The first-order chi connectivity index (χ1) is 9.67. The number of ether oxygens (including phenoxy) is 1. The first kappa shape index (κ1) is 15.0. The second kappa shape index (κ2) is 7.41. The smallest absolute Gasteiger partial charge is 0.131 e. The fourth-order valence-corrected chi connectivity index (χ4v) is 2.92. The molecule has 2 N–H and O–H groups in total. The molecule has 0 aliphatic rings. The molecule has 1 unspecified atom stereocenters. The lowest BCUT2D eigenvalue weighted by Crippen LogP contribution is -2.17. The van der Waals surface area contributed by atoms with Gasteiger partial charge in [0, 0.05) is 11.4 Å². The van der Waals surface area contributed by atoms with E-state index in [1.807, 2.05) is 19.1 Å². The summed E-state index contributed by atoms with van der Waals surface area (Å²) in [6, 6.07) is 8.29. The van der Waals surface area contributed by atoms with E-state index in [0.29, 0.717) is 6.61 Å². The Kier molecular flexibility index (Phi) is 5.56. The van der Waals surface area contributed by atoms with Gasteiger partial charge in [-0.3, -0.25) is 0 Å². The zero-order valence-electron chi connectivity index (χ0n) is 12.1. The van der Waals surface area contributed by atoms with Crippen LogP contribution >= 0.6 is 11.3 Å². The third-order valence-corrected chi connectivity index (χ3v) is 3.86. The SMILES string of the molecule is CCCc1nc(COc2cccc(CC(C)N)c2)cs1. The summed E-state index contributed by atoms with van der Waals surface area (Å²) in [4.78, 5) is 4.56. The van der Waals surface area contributed by atoms with Crippen LogP contribution < -0.4 is 10.5 Å². The van der Waals surface area contributed by atoms with Gasteiger partial charge in [0.1, 0.15) is 12.4 Å². The second-order valence-electron chi connectivity index (χ2n) is 5.10. The van der Waals surface area contributed by atoms with Crippen molar-refractivity contribution in [2.45, 2.75) is 45.8 Å². The minimum absolute atomic E-state index is 0.167. The van der Waals surface area contributed by atoms with Gasteiger partial charge in [0.15, 0.2) is 0 Å². The highest BCUT2D eigenvalue weighted by molar-refractivity contribution is 7.09. The summed E-state index contributed by atoms with van der Waals surface area (Å²) >= 11 is 1.71. The van der Waals surface area contributed by atoms with E-state index in [-0.39, 0.29) is 6.04 Å². The maximum absolute atomic E-state index is 5.82. The molecule has 2 aromatic rings. The molecule has 3 nitrogen and oxygen atoms in total. The summed E-state index contributed by atoms with van der Waals surface area (Å²) in [5.41, 5.74) is 8.04. The molecule has 1 aromatic heterocycles. The molecule has 0 aliphatic heterocycles. The van der Waals surface area contributed by atoms with Crippen molar-refractivity contribution in [1.82, 2.24) is 4.98 Å². The van der Waals surface area contributed by atoms with Gasteiger partial charge in [-0.25, -0.2) is 4.98 Å². The highest BCUT2D eigenvalue weighted by Gasteiger charge is 2.04. The van der Waals surface area contributed by atoms with E-state index in [1.165, 1.54) is 10.6 Å². The zero-order valence-corrected chi connectivity index (χ0v) is 13.0. The van der Waals surface area contributed by atoms with Crippen molar-refractivity contribution in [2.24, 2.45) is 5.73 Å². The molecule has 20 heavy (non-hydrogen) atoms. The van der Waals surface area contributed by atoms with Crippen LogP contribution in [0, 0.1) is 0 Å². The van der Waals surface area contributed by atoms with Gasteiger partial charge in [0.25, 0.3) is 0 Å². The van der Waals surface area contributed by atoms with Gasteiger partial charge in [-0.05, 0) is 43.9 Å². The zero-order chi connectivity index (χ0) is 14.4. The van der Waals surface area contributed by atoms with Crippen LogP contribution in [0.3, 0.4) is 0 Å². The van der Waals surface area contributed by atoms with Crippen LogP contribution in [0.25, 0.3) is 0 Å². The fourth-order valence-electron chi connectivity index (χ4n) is 2.04. The standard InChI is InChI=1S/C16H22N2OS/c1-3-5-16-18-14(11-20-16)10-19-15-7-4-6-13(9-15)8-12(2)17/h4,6-7,9,11-12H,3,5,8,10,17H2,1-2H3. The maximum atomic E-state index is 5.82. The fraction of sp³-hybridized carbons (Fsp3) is 0.438. The normalized spacial score (nSPS) is 12.3. The third kappa shape index (κ3) is 4.62. The molecule has 0 bridgehead atoms. The lowest BCUT2D eigenvalue weighted by Gasteiger charge is -2.08. The van der Waals surface area contributed by atoms with Gasteiger partial charge >= 0.3 is 0 Å². The number of hydrogen-bond acceptors (Lipinski definition) is 4. The van der Waals surface area contributed by atoms with Crippen LogP contribution in [0.15, 0.2) is 29.6 Å². The maximum Gasteiger partial charge on any atom is 0.131 e. The van der Waals surface area contributed by atoms with Crippen LogP contribution in [-0.2, 0) is 19.4 Å².